The Morgan fingerprint density at radius 2 is 2.22 bits per heavy atom. The molecule has 0 aliphatic rings. The van der Waals surface area contributed by atoms with Crippen LogP contribution in [-0.4, -0.2) is 17.4 Å². The molecule has 0 bridgehead atoms. The van der Waals surface area contributed by atoms with E-state index in [9.17, 15) is 4.79 Å². The van der Waals surface area contributed by atoms with Crippen LogP contribution >= 0.6 is 11.3 Å². The SMILES string of the molecule is Cc1ncsc1CNC(=O)CCC(C)(C)CCN. The summed E-state index contributed by atoms with van der Waals surface area (Å²) in [6.45, 7) is 7.53. The zero-order valence-corrected chi connectivity index (χ0v) is 12.3. The van der Waals surface area contributed by atoms with Gasteiger partial charge >= 0.3 is 0 Å². The zero-order valence-electron chi connectivity index (χ0n) is 11.5. The van der Waals surface area contributed by atoms with Gasteiger partial charge in [-0.3, -0.25) is 4.79 Å². The molecule has 102 valence electrons. The van der Waals surface area contributed by atoms with Crippen molar-refractivity contribution in [1.29, 1.82) is 0 Å². The smallest absolute Gasteiger partial charge is 0.220 e. The summed E-state index contributed by atoms with van der Waals surface area (Å²) in [5, 5.41) is 2.94. The van der Waals surface area contributed by atoms with Crippen molar-refractivity contribution in [2.45, 2.75) is 46.6 Å². The zero-order chi connectivity index (χ0) is 13.6. The summed E-state index contributed by atoms with van der Waals surface area (Å²) in [5.74, 6) is 0.105. The molecule has 3 N–H and O–H groups in total. The summed E-state index contributed by atoms with van der Waals surface area (Å²) in [7, 11) is 0. The van der Waals surface area contributed by atoms with E-state index in [1.165, 1.54) is 0 Å². The first-order chi connectivity index (χ1) is 8.44. The van der Waals surface area contributed by atoms with E-state index in [2.05, 4.69) is 24.1 Å². The lowest BCUT2D eigenvalue weighted by Gasteiger charge is -2.23. The van der Waals surface area contributed by atoms with Crippen LogP contribution < -0.4 is 11.1 Å². The Morgan fingerprint density at radius 1 is 1.50 bits per heavy atom. The molecule has 0 aromatic carbocycles. The molecule has 0 spiro atoms. The van der Waals surface area contributed by atoms with Gasteiger partial charge in [-0.05, 0) is 31.7 Å². The minimum Gasteiger partial charge on any atom is -0.351 e. The van der Waals surface area contributed by atoms with E-state index < -0.39 is 0 Å². The van der Waals surface area contributed by atoms with E-state index in [0.717, 1.165) is 23.4 Å². The highest BCUT2D eigenvalue weighted by Crippen LogP contribution is 2.25. The molecular formula is C13H23N3OS. The molecule has 1 heterocycles. The molecule has 4 nitrogen and oxygen atoms in total. The molecule has 18 heavy (non-hydrogen) atoms. The van der Waals surface area contributed by atoms with Gasteiger partial charge in [-0.25, -0.2) is 4.98 Å². The van der Waals surface area contributed by atoms with Gasteiger partial charge in [0.15, 0.2) is 0 Å². The molecule has 0 atom stereocenters. The Labute approximate surface area is 113 Å². The van der Waals surface area contributed by atoms with E-state index in [-0.39, 0.29) is 11.3 Å². The number of hydrogen-bond donors (Lipinski definition) is 2. The van der Waals surface area contributed by atoms with Gasteiger partial charge < -0.3 is 11.1 Å². The Bertz CT molecular complexity index is 387. The average Bonchev–Trinajstić information content (AvgIpc) is 2.70. The van der Waals surface area contributed by atoms with Crippen molar-refractivity contribution in [3.8, 4) is 0 Å². The van der Waals surface area contributed by atoms with Gasteiger partial charge in [0.05, 0.1) is 17.7 Å². The van der Waals surface area contributed by atoms with Crippen LogP contribution in [0.2, 0.25) is 0 Å². The third kappa shape index (κ3) is 5.14. The van der Waals surface area contributed by atoms with Gasteiger partial charge in [0.2, 0.25) is 5.91 Å². The van der Waals surface area contributed by atoms with Crippen molar-refractivity contribution >= 4 is 17.2 Å². The van der Waals surface area contributed by atoms with Crippen LogP contribution in [0.1, 0.15) is 43.7 Å². The normalized spacial score (nSPS) is 11.6. The van der Waals surface area contributed by atoms with Gasteiger partial charge in [0, 0.05) is 11.3 Å². The Morgan fingerprint density at radius 3 is 2.78 bits per heavy atom. The molecule has 1 aromatic rings. The van der Waals surface area contributed by atoms with Crippen LogP contribution in [0.25, 0.3) is 0 Å². The van der Waals surface area contributed by atoms with Crippen molar-refractivity contribution < 1.29 is 4.79 Å². The topological polar surface area (TPSA) is 68.0 Å². The number of thiazole rings is 1. The molecule has 1 rings (SSSR count). The maximum absolute atomic E-state index is 11.7. The van der Waals surface area contributed by atoms with E-state index in [1.807, 2.05) is 6.92 Å². The standard InChI is InChI=1S/C13H23N3OS/c1-10-11(18-9-16-10)8-15-12(17)4-5-13(2,3)6-7-14/h9H,4-8,14H2,1-3H3,(H,15,17). The van der Waals surface area contributed by atoms with Crippen molar-refractivity contribution in [2.75, 3.05) is 6.54 Å². The molecular weight excluding hydrogens is 246 g/mol. The molecule has 5 heteroatoms. The third-order valence-electron chi connectivity index (χ3n) is 3.14. The summed E-state index contributed by atoms with van der Waals surface area (Å²) in [6, 6.07) is 0. The number of carbonyl (C=O) groups is 1. The summed E-state index contributed by atoms with van der Waals surface area (Å²) in [6.07, 6.45) is 2.39. The summed E-state index contributed by atoms with van der Waals surface area (Å²) >= 11 is 1.58. The fourth-order valence-corrected chi connectivity index (χ4v) is 2.45. The van der Waals surface area contributed by atoms with E-state index >= 15 is 0 Å². The molecule has 0 saturated heterocycles. The van der Waals surface area contributed by atoms with E-state index in [1.54, 1.807) is 16.8 Å². The maximum Gasteiger partial charge on any atom is 0.220 e. The number of hydrogen-bond acceptors (Lipinski definition) is 4. The Hall–Kier alpha value is -0.940. The first-order valence-corrected chi connectivity index (χ1v) is 7.18. The lowest BCUT2D eigenvalue weighted by atomic mass is 9.84. The average molecular weight is 269 g/mol. The van der Waals surface area contributed by atoms with Crippen LogP contribution in [0.4, 0.5) is 0 Å². The van der Waals surface area contributed by atoms with Crippen molar-refractivity contribution in [2.24, 2.45) is 11.1 Å². The van der Waals surface area contributed by atoms with Gasteiger partial charge in [-0.15, -0.1) is 11.3 Å². The van der Waals surface area contributed by atoms with Gasteiger partial charge in [0.1, 0.15) is 0 Å². The Balaban J connectivity index is 2.28. The number of nitrogens with two attached hydrogens (primary N) is 1. The first-order valence-electron chi connectivity index (χ1n) is 6.30. The Kier molecular flexibility index (Phi) is 5.75. The summed E-state index contributed by atoms with van der Waals surface area (Å²) in [5.41, 5.74) is 8.51. The lowest BCUT2D eigenvalue weighted by molar-refractivity contribution is -0.121. The van der Waals surface area contributed by atoms with E-state index in [0.29, 0.717) is 19.5 Å². The lowest BCUT2D eigenvalue weighted by Crippen LogP contribution is -2.25. The number of nitrogens with zero attached hydrogens (tertiary/aromatic N) is 1. The van der Waals surface area contributed by atoms with Crippen LogP contribution in [0.15, 0.2) is 5.51 Å². The van der Waals surface area contributed by atoms with Gasteiger partial charge in [-0.1, -0.05) is 13.8 Å². The van der Waals surface area contributed by atoms with Crippen molar-refractivity contribution in [3.05, 3.63) is 16.1 Å². The molecule has 0 aliphatic carbocycles. The van der Waals surface area contributed by atoms with Crippen LogP contribution in [0, 0.1) is 12.3 Å². The maximum atomic E-state index is 11.7. The second kappa shape index (κ2) is 6.85. The molecule has 0 radical (unpaired) electrons. The molecule has 1 amide bonds. The quantitative estimate of drug-likeness (QED) is 0.797. The minimum atomic E-state index is 0.105. The van der Waals surface area contributed by atoms with Crippen LogP contribution in [0.3, 0.4) is 0 Å². The van der Waals surface area contributed by atoms with Crippen molar-refractivity contribution in [1.82, 2.24) is 10.3 Å². The molecule has 0 saturated carbocycles. The predicted molar refractivity (Wildman–Crippen MR) is 75.4 cm³/mol. The highest BCUT2D eigenvalue weighted by Gasteiger charge is 2.18. The number of aromatic nitrogens is 1. The summed E-state index contributed by atoms with van der Waals surface area (Å²) in [4.78, 5) is 17.0. The second-order valence-electron chi connectivity index (χ2n) is 5.34. The van der Waals surface area contributed by atoms with Crippen LogP contribution in [0.5, 0.6) is 0 Å². The monoisotopic (exact) mass is 269 g/mol. The molecule has 0 aliphatic heterocycles. The number of nitrogens with one attached hydrogen (secondary N) is 1. The highest BCUT2D eigenvalue weighted by atomic mass is 32.1. The fraction of sp³-hybridized carbons (Fsp3) is 0.692. The number of aryl methyl sites for hydroxylation is 1. The third-order valence-corrected chi connectivity index (χ3v) is 4.08. The van der Waals surface area contributed by atoms with Gasteiger partial charge in [-0.2, -0.15) is 0 Å². The van der Waals surface area contributed by atoms with E-state index in [4.69, 9.17) is 5.73 Å². The molecule has 0 fully saturated rings. The van der Waals surface area contributed by atoms with Crippen molar-refractivity contribution in [3.63, 3.8) is 0 Å². The fourth-order valence-electron chi connectivity index (χ4n) is 1.73. The first kappa shape index (κ1) is 15.1. The second-order valence-corrected chi connectivity index (χ2v) is 6.28. The minimum absolute atomic E-state index is 0.105. The number of carbonyl (C=O) groups excluding carboxylic acids is 1. The highest BCUT2D eigenvalue weighted by molar-refractivity contribution is 7.09. The largest absolute Gasteiger partial charge is 0.351 e. The number of amides is 1. The van der Waals surface area contributed by atoms with Gasteiger partial charge in [0.25, 0.3) is 0 Å². The number of rotatable bonds is 7. The molecule has 1 aromatic heterocycles. The van der Waals surface area contributed by atoms with Crippen LogP contribution in [-0.2, 0) is 11.3 Å². The predicted octanol–water partition coefficient (Wildman–Crippen LogP) is 2.22. The molecule has 0 unspecified atom stereocenters. The summed E-state index contributed by atoms with van der Waals surface area (Å²) < 4.78 is 0.